The van der Waals surface area contributed by atoms with Crippen LogP contribution in [0, 0.1) is 29.6 Å². The molecule has 3 saturated carbocycles. The molecule has 3 fully saturated rings. The van der Waals surface area contributed by atoms with Gasteiger partial charge in [-0.15, -0.1) is 0 Å². The number of hydrogen-bond donors (Lipinski definition) is 1. The Kier molecular flexibility index (Phi) is 1.90. The van der Waals surface area contributed by atoms with Crippen LogP contribution in [0.2, 0.25) is 0 Å². The fraction of sp³-hybridized carbons (Fsp3) is 1.00. The highest BCUT2D eigenvalue weighted by Crippen LogP contribution is 2.56. The number of hydrogen-bond acceptors (Lipinski definition) is 1. The highest BCUT2D eigenvalue weighted by molar-refractivity contribution is 4.98. The maximum absolute atomic E-state index is 3.39. The summed E-state index contributed by atoms with van der Waals surface area (Å²) in [5.74, 6) is 5.52. The van der Waals surface area contributed by atoms with Crippen molar-refractivity contribution in [3.05, 3.63) is 0 Å². The van der Waals surface area contributed by atoms with Crippen LogP contribution in [-0.2, 0) is 0 Å². The van der Waals surface area contributed by atoms with Crippen molar-refractivity contribution >= 4 is 0 Å². The van der Waals surface area contributed by atoms with Crippen molar-refractivity contribution in [3.63, 3.8) is 0 Å². The van der Waals surface area contributed by atoms with Gasteiger partial charge in [-0.2, -0.15) is 0 Å². The van der Waals surface area contributed by atoms with Gasteiger partial charge in [0.05, 0.1) is 0 Å². The monoisotopic (exact) mass is 179 g/mol. The van der Waals surface area contributed by atoms with E-state index in [9.17, 15) is 0 Å². The smallest absolute Gasteiger partial charge is 0.00207 e. The largest absolute Gasteiger partial charge is 0.319 e. The Morgan fingerprint density at radius 1 is 1.00 bits per heavy atom. The van der Waals surface area contributed by atoms with Gasteiger partial charge in [-0.05, 0) is 75.3 Å². The quantitative estimate of drug-likeness (QED) is 0.685. The van der Waals surface area contributed by atoms with Crippen LogP contribution in [0.5, 0.6) is 0 Å². The molecule has 0 radical (unpaired) electrons. The lowest BCUT2D eigenvalue weighted by molar-refractivity contribution is 0.117. The van der Waals surface area contributed by atoms with Crippen molar-refractivity contribution in [3.8, 4) is 0 Å². The normalized spacial score (nSPS) is 52.8. The van der Waals surface area contributed by atoms with Crippen molar-refractivity contribution in [2.45, 2.75) is 32.1 Å². The average molecular weight is 179 g/mol. The van der Waals surface area contributed by atoms with Gasteiger partial charge >= 0.3 is 0 Å². The Bertz CT molecular complexity index is 199. The number of fused-ring (bicyclic) bond motifs is 2. The van der Waals surface area contributed by atoms with Gasteiger partial charge in [0.2, 0.25) is 0 Å². The third-order valence-corrected chi connectivity index (χ3v) is 4.86. The van der Waals surface area contributed by atoms with Crippen LogP contribution >= 0.6 is 0 Å². The number of nitrogens with one attached hydrogen (secondary N) is 1. The average Bonchev–Trinajstić information content (AvgIpc) is 2.33. The molecule has 74 valence electrons. The molecule has 0 aliphatic heterocycles. The first kappa shape index (κ1) is 8.28. The predicted octanol–water partition coefficient (Wildman–Crippen LogP) is 2.28. The maximum atomic E-state index is 3.39. The molecule has 3 bridgehead atoms. The van der Waals surface area contributed by atoms with Crippen LogP contribution in [0.25, 0.3) is 0 Å². The molecule has 0 spiro atoms. The van der Waals surface area contributed by atoms with Gasteiger partial charge in [0.1, 0.15) is 0 Å². The molecule has 0 unspecified atom stereocenters. The summed E-state index contributed by atoms with van der Waals surface area (Å²) in [5, 5.41) is 3.39. The van der Waals surface area contributed by atoms with Crippen LogP contribution in [0.4, 0.5) is 0 Å². The molecule has 0 aromatic rings. The van der Waals surface area contributed by atoms with E-state index in [1.165, 1.54) is 6.54 Å². The molecule has 1 heteroatoms. The zero-order valence-corrected chi connectivity index (χ0v) is 8.63. The minimum absolute atomic E-state index is 1.03. The van der Waals surface area contributed by atoms with Gasteiger partial charge < -0.3 is 5.32 Å². The van der Waals surface area contributed by atoms with Crippen molar-refractivity contribution < 1.29 is 0 Å². The van der Waals surface area contributed by atoms with Crippen LogP contribution in [0.1, 0.15) is 32.1 Å². The van der Waals surface area contributed by atoms with E-state index < -0.39 is 0 Å². The second-order valence-electron chi connectivity index (χ2n) is 5.65. The predicted molar refractivity (Wildman–Crippen MR) is 54.5 cm³/mol. The topological polar surface area (TPSA) is 12.0 Å². The lowest BCUT2D eigenvalue weighted by Gasteiger charge is -2.39. The van der Waals surface area contributed by atoms with Gasteiger partial charge in [0, 0.05) is 0 Å². The summed E-state index contributed by atoms with van der Waals surface area (Å²) < 4.78 is 0. The second kappa shape index (κ2) is 2.98. The first-order valence-electron chi connectivity index (χ1n) is 6.01. The molecule has 0 aromatic heterocycles. The Morgan fingerprint density at radius 2 is 1.77 bits per heavy atom. The molecule has 13 heavy (non-hydrogen) atoms. The van der Waals surface area contributed by atoms with Gasteiger partial charge in [-0.25, -0.2) is 0 Å². The Labute approximate surface area is 81.3 Å². The van der Waals surface area contributed by atoms with Gasteiger partial charge in [0.25, 0.3) is 0 Å². The third-order valence-electron chi connectivity index (χ3n) is 4.86. The zero-order valence-electron chi connectivity index (χ0n) is 8.63. The molecule has 5 atom stereocenters. The van der Waals surface area contributed by atoms with E-state index in [-0.39, 0.29) is 0 Å². The molecule has 3 aliphatic carbocycles. The van der Waals surface area contributed by atoms with E-state index >= 15 is 0 Å². The first-order chi connectivity index (χ1) is 6.36. The standard InChI is InChI=1S/C12H21N/c1-13-7-11-5-8-2-9-4-10(3-8)12(11)6-9/h8-13H,2-7H2,1H3/t8-,9+,10-,11+,12+/m0/s1. The van der Waals surface area contributed by atoms with Gasteiger partial charge in [0.15, 0.2) is 0 Å². The van der Waals surface area contributed by atoms with Crippen LogP contribution in [0.3, 0.4) is 0 Å². The van der Waals surface area contributed by atoms with E-state index in [1.54, 1.807) is 32.1 Å². The van der Waals surface area contributed by atoms with Crippen LogP contribution in [-0.4, -0.2) is 13.6 Å². The molecule has 0 saturated heterocycles. The fourth-order valence-electron chi connectivity index (χ4n) is 4.61. The Balaban J connectivity index is 1.79. The molecule has 1 N–H and O–H groups in total. The third kappa shape index (κ3) is 1.24. The SMILES string of the molecule is CNC[C@H]1C[C@H]2C[C@@H]3C[C@H](C2)[C@H]1C3. The van der Waals surface area contributed by atoms with E-state index in [1.807, 2.05) is 0 Å². The van der Waals surface area contributed by atoms with Crippen molar-refractivity contribution in [1.82, 2.24) is 5.32 Å². The summed E-state index contributed by atoms with van der Waals surface area (Å²) in [6, 6.07) is 0. The summed E-state index contributed by atoms with van der Waals surface area (Å²) >= 11 is 0. The molecular formula is C12H21N. The van der Waals surface area contributed by atoms with Crippen molar-refractivity contribution in [2.24, 2.45) is 29.6 Å². The van der Waals surface area contributed by atoms with E-state index in [0.29, 0.717) is 0 Å². The molecule has 1 nitrogen and oxygen atoms in total. The Hall–Kier alpha value is -0.0400. The van der Waals surface area contributed by atoms with Gasteiger partial charge in [-0.1, -0.05) is 0 Å². The highest BCUT2D eigenvalue weighted by Gasteiger charge is 2.48. The molecule has 3 rings (SSSR count). The lowest BCUT2D eigenvalue weighted by Crippen LogP contribution is -2.35. The Morgan fingerprint density at radius 3 is 2.54 bits per heavy atom. The molecular weight excluding hydrogens is 158 g/mol. The summed E-state index contributed by atoms with van der Waals surface area (Å²) in [7, 11) is 2.11. The van der Waals surface area contributed by atoms with Gasteiger partial charge in [-0.3, -0.25) is 0 Å². The molecule has 0 amide bonds. The van der Waals surface area contributed by atoms with Crippen LogP contribution < -0.4 is 5.32 Å². The second-order valence-corrected chi connectivity index (χ2v) is 5.65. The van der Waals surface area contributed by atoms with Crippen LogP contribution in [0.15, 0.2) is 0 Å². The molecule has 0 aromatic carbocycles. The fourth-order valence-corrected chi connectivity index (χ4v) is 4.61. The number of rotatable bonds is 2. The summed E-state index contributed by atoms with van der Waals surface area (Å²) in [6.07, 6.45) is 7.86. The van der Waals surface area contributed by atoms with E-state index in [2.05, 4.69) is 12.4 Å². The van der Waals surface area contributed by atoms with Crippen molar-refractivity contribution in [1.29, 1.82) is 0 Å². The van der Waals surface area contributed by atoms with E-state index in [0.717, 1.165) is 29.6 Å². The molecule has 0 heterocycles. The maximum Gasteiger partial charge on any atom is -0.00207 e. The first-order valence-corrected chi connectivity index (χ1v) is 6.01. The minimum atomic E-state index is 1.03. The zero-order chi connectivity index (χ0) is 8.84. The molecule has 3 aliphatic rings. The van der Waals surface area contributed by atoms with Crippen molar-refractivity contribution in [2.75, 3.05) is 13.6 Å². The summed E-state index contributed by atoms with van der Waals surface area (Å²) in [6.45, 7) is 1.28. The van der Waals surface area contributed by atoms with E-state index in [4.69, 9.17) is 0 Å². The summed E-state index contributed by atoms with van der Waals surface area (Å²) in [4.78, 5) is 0. The minimum Gasteiger partial charge on any atom is -0.319 e. The highest BCUT2D eigenvalue weighted by atomic mass is 14.8. The summed E-state index contributed by atoms with van der Waals surface area (Å²) in [5.41, 5.74) is 0. The lowest BCUT2D eigenvalue weighted by atomic mass is 9.67.